The third-order valence-electron chi connectivity index (χ3n) is 0.861. The molecule has 0 aliphatic carbocycles. The number of hydrogen-bond acceptors (Lipinski definition) is 2. The second-order valence-corrected chi connectivity index (χ2v) is 1.45. The maximum Gasteiger partial charge on any atom is 0.0809 e. The molecule has 0 saturated heterocycles. The maximum absolute atomic E-state index is 3.84. The number of nitrogens with zero attached hydrogens (tertiary/aromatic N) is 2. The third-order valence-corrected chi connectivity index (χ3v) is 0.861. The largest absolute Gasteiger partial charge is 0.254 e. The predicted octanol–water partition coefficient (Wildman–Crippen LogP) is -0.703. The predicted molar refractivity (Wildman–Crippen MR) is 32.3 cm³/mol. The van der Waals surface area contributed by atoms with Crippen LogP contribution in [0.3, 0.4) is 0 Å². The van der Waals surface area contributed by atoms with Crippen molar-refractivity contribution >= 4 is 13.2 Å². The highest BCUT2D eigenvalue weighted by atomic mass is 14.7. The van der Waals surface area contributed by atoms with Gasteiger partial charge in [0.1, 0.15) is 0 Å². The molecule has 0 amide bonds. The molecule has 0 spiro atoms. The van der Waals surface area contributed by atoms with Crippen LogP contribution in [0.1, 0.15) is 0 Å². The van der Waals surface area contributed by atoms with E-state index in [-0.39, 0.29) is 0 Å². The second-order valence-electron chi connectivity index (χ2n) is 1.45. The van der Waals surface area contributed by atoms with E-state index < -0.39 is 0 Å². The molecule has 8 heavy (non-hydrogen) atoms. The van der Waals surface area contributed by atoms with Crippen molar-refractivity contribution in [2.24, 2.45) is 0 Å². The molecule has 1 rings (SSSR count). The van der Waals surface area contributed by atoms with E-state index in [4.69, 9.17) is 0 Å². The molecule has 0 aliphatic rings. The first-order chi connectivity index (χ1) is 3.80. The molecule has 1 heterocycles. The van der Waals surface area contributed by atoms with Crippen molar-refractivity contribution in [2.45, 2.75) is 0 Å². The maximum atomic E-state index is 3.84. The quantitative estimate of drug-likeness (QED) is 0.437. The van der Waals surface area contributed by atoms with Gasteiger partial charge in [-0.2, -0.15) is 0 Å². The Labute approximate surface area is 47.2 Å². The van der Waals surface area contributed by atoms with E-state index in [0.717, 1.165) is 0 Å². The van der Waals surface area contributed by atoms with Gasteiger partial charge in [-0.25, -0.2) is 0 Å². The molecule has 0 unspecified atom stereocenters. The van der Waals surface area contributed by atoms with Gasteiger partial charge in [-0.1, -0.05) is 13.2 Å². The zero-order valence-corrected chi connectivity index (χ0v) is 4.46. The molecule has 0 radical (unpaired) electrons. The molecule has 0 N–H and O–H groups in total. The number of rotatable bonds is 0. The first-order valence-electron chi connectivity index (χ1n) is 2.25. The van der Waals surface area contributed by atoms with Crippen molar-refractivity contribution in [3.8, 4) is 0 Å². The zero-order chi connectivity index (χ0) is 5.98. The molecule has 1 aromatic heterocycles. The SMILES string of the molecule is C=c1nccnc1=C. The van der Waals surface area contributed by atoms with Gasteiger partial charge in [0.25, 0.3) is 0 Å². The fraction of sp³-hybridized carbons (Fsp3) is 0. The third kappa shape index (κ3) is 0.729. The summed E-state index contributed by atoms with van der Waals surface area (Å²) in [6.45, 7) is 7.17. The van der Waals surface area contributed by atoms with Gasteiger partial charge in [-0.05, 0) is 0 Å². The van der Waals surface area contributed by atoms with Crippen LogP contribution in [0.15, 0.2) is 12.4 Å². The van der Waals surface area contributed by atoms with Crippen LogP contribution in [-0.4, -0.2) is 9.97 Å². The van der Waals surface area contributed by atoms with E-state index in [0.29, 0.717) is 10.7 Å². The zero-order valence-electron chi connectivity index (χ0n) is 4.46. The van der Waals surface area contributed by atoms with Crippen LogP contribution in [0.5, 0.6) is 0 Å². The Balaban J connectivity index is 3.59. The summed E-state index contributed by atoms with van der Waals surface area (Å²) in [4.78, 5) is 7.69. The lowest BCUT2D eigenvalue weighted by Crippen LogP contribution is -2.27. The van der Waals surface area contributed by atoms with Crippen molar-refractivity contribution in [3.05, 3.63) is 23.1 Å². The fourth-order valence-corrected chi connectivity index (χ4v) is 0.396. The molecule has 0 aliphatic heterocycles. The monoisotopic (exact) mass is 106 g/mol. The summed E-state index contributed by atoms with van der Waals surface area (Å²) in [6.07, 6.45) is 3.19. The van der Waals surface area contributed by atoms with Crippen LogP contribution in [-0.2, 0) is 0 Å². The molecular weight excluding hydrogens is 100 g/mol. The van der Waals surface area contributed by atoms with E-state index in [9.17, 15) is 0 Å². The standard InChI is InChI=1S/C6H6N2/c1-5-6(2)8-4-3-7-5/h3-4H,1-2H2. The van der Waals surface area contributed by atoms with Crippen molar-refractivity contribution in [1.82, 2.24) is 9.97 Å². The Morgan fingerprint density at radius 3 is 1.62 bits per heavy atom. The van der Waals surface area contributed by atoms with Crippen LogP contribution < -0.4 is 10.7 Å². The topological polar surface area (TPSA) is 25.8 Å². The average molecular weight is 106 g/mol. The Morgan fingerprint density at radius 1 is 1.00 bits per heavy atom. The van der Waals surface area contributed by atoms with Gasteiger partial charge in [0.15, 0.2) is 0 Å². The molecule has 40 valence electrons. The van der Waals surface area contributed by atoms with Crippen molar-refractivity contribution < 1.29 is 0 Å². The fourth-order valence-electron chi connectivity index (χ4n) is 0.396. The molecule has 2 nitrogen and oxygen atoms in total. The Morgan fingerprint density at radius 2 is 1.38 bits per heavy atom. The minimum absolute atomic E-state index is 0.646. The second kappa shape index (κ2) is 1.74. The lowest BCUT2D eigenvalue weighted by molar-refractivity contribution is 1.11. The minimum atomic E-state index is 0.646. The number of hydrogen-bond donors (Lipinski definition) is 0. The Bertz CT molecular complexity index is 237. The van der Waals surface area contributed by atoms with E-state index in [1.54, 1.807) is 12.4 Å². The lowest BCUT2D eigenvalue weighted by Gasteiger charge is -1.79. The highest BCUT2D eigenvalue weighted by molar-refractivity contribution is 5.01. The molecule has 1 aromatic rings. The summed E-state index contributed by atoms with van der Waals surface area (Å²) >= 11 is 0. The molecule has 0 bridgehead atoms. The Kier molecular flexibility index (Phi) is 1.08. The first-order valence-corrected chi connectivity index (χ1v) is 2.25. The van der Waals surface area contributed by atoms with Gasteiger partial charge in [0.2, 0.25) is 0 Å². The summed E-state index contributed by atoms with van der Waals surface area (Å²) in [5.74, 6) is 0. The van der Waals surface area contributed by atoms with Crippen LogP contribution in [0.2, 0.25) is 0 Å². The molecule has 0 fully saturated rings. The van der Waals surface area contributed by atoms with Crippen molar-refractivity contribution in [2.75, 3.05) is 0 Å². The molecular formula is C6H6N2. The highest BCUT2D eigenvalue weighted by Crippen LogP contribution is 1.52. The number of aromatic nitrogens is 2. The van der Waals surface area contributed by atoms with E-state index in [1.165, 1.54) is 0 Å². The van der Waals surface area contributed by atoms with Crippen molar-refractivity contribution in [1.29, 1.82) is 0 Å². The normalized spacial score (nSPS) is 9.00. The van der Waals surface area contributed by atoms with Gasteiger partial charge >= 0.3 is 0 Å². The van der Waals surface area contributed by atoms with Gasteiger partial charge in [0, 0.05) is 12.4 Å². The summed E-state index contributed by atoms with van der Waals surface area (Å²) in [5, 5.41) is 1.29. The van der Waals surface area contributed by atoms with E-state index >= 15 is 0 Å². The van der Waals surface area contributed by atoms with Crippen molar-refractivity contribution in [3.63, 3.8) is 0 Å². The summed E-state index contributed by atoms with van der Waals surface area (Å²) < 4.78 is 0. The minimum Gasteiger partial charge on any atom is -0.254 e. The summed E-state index contributed by atoms with van der Waals surface area (Å²) in [7, 11) is 0. The molecule has 0 atom stereocenters. The molecule has 0 saturated carbocycles. The molecule has 0 aromatic carbocycles. The first kappa shape index (κ1) is 4.97. The lowest BCUT2D eigenvalue weighted by atomic mass is 10.6. The average Bonchev–Trinajstić information content (AvgIpc) is 1.77. The van der Waals surface area contributed by atoms with Gasteiger partial charge in [-0.15, -0.1) is 0 Å². The molecule has 2 heteroatoms. The van der Waals surface area contributed by atoms with E-state index in [1.807, 2.05) is 0 Å². The van der Waals surface area contributed by atoms with Crippen LogP contribution >= 0.6 is 0 Å². The summed E-state index contributed by atoms with van der Waals surface area (Å²) in [6, 6.07) is 0. The van der Waals surface area contributed by atoms with Gasteiger partial charge in [0.05, 0.1) is 10.7 Å². The van der Waals surface area contributed by atoms with Crippen LogP contribution in [0.25, 0.3) is 13.2 Å². The van der Waals surface area contributed by atoms with E-state index in [2.05, 4.69) is 23.1 Å². The van der Waals surface area contributed by atoms with Crippen LogP contribution in [0.4, 0.5) is 0 Å². The highest BCUT2D eigenvalue weighted by Gasteiger charge is 1.73. The summed E-state index contributed by atoms with van der Waals surface area (Å²) in [5.41, 5.74) is 0. The Hall–Kier alpha value is -1.18. The van der Waals surface area contributed by atoms with Gasteiger partial charge in [-0.3, -0.25) is 9.97 Å². The van der Waals surface area contributed by atoms with Gasteiger partial charge < -0.3 is 0 Å². The van der Waals surface area contributed by atoms with Crippen LogP contribution in [0, 0.1) is 0 Å². The smallest absolute Gasteiger partial charge is 0.0809 e.